The van der Waals surface area contributed by atoms with Crippen molar-refractivity contribution in [2.24, 2.45) is 0 Å². The van der Waals surface area contributed by atoms with Gasteiger partial charge in [0, 0.05) is 146 Å². The summed E-state index contributed by atoms with van der Waals surface area (Å²) in [6, 6.07) is 159. The molecule has 0 saturated heterocycles. The molecule has 141 heavy (non-hydrogen) atoms. The molecule has 0 aliphatic rings. The lowest BCUT2D eigenvalue weighted by Crippen LogP contribution is -1.96. The van der Waals surface area contributed by atoms with Crippen molar-refractivity contribution in [1.82, 2.24) is 43.2 Å². The van der Waals surface area contributed by atoms with Crippen LogP contribution in [-0.2, 0) is 0 Å². The van der Waals surface area contributed by atoms with Gasteiger partial charge in [0.2, 0.25) is 0 Å². The first kappa shape index (κ1) is 79.5. The van der Waals surface area contributed by atoms with Gasteiger partial charge >= 0.3 is 0 Å². The highest BCUT2D eigenvalue weighted by molar-refractivity contribution is 7.26. The molecular formula is C127H75N9O4S. The molecule has 0 atom stereocenters. The van der Waals surface area contributed by atoms with Crippen molar-refractivity contribution in [3.63, 3.8) is 0 Å². The minimum Gasteiger partial charge on any atom is -0.456 e. The molecule has 13 nitrogen and oxygen atoms in total. The number of hydrogen-bond acceptors (Lipinski definition) is 10. The molecule has 19 aromatic carbocycles. The van der Waals surface area contributed by atoms with E-state index in [1.165, 1.54) is 96.4 Å². The molecule has 0 aliphatic carbocycles. The number of benzene rings is 19. The second-order valence-electron chi connectivity index (χ2n) is 35.9. The number of hydrogen-bond donors (Lipinski definition) is 0. The molecule has 31 aromatic rings. The fraction of sp³-hybridized carbons (Fsp3) is 0. The van der Waals surface area contributed by atoms with Crippen LogP contribution in [0.15, 0.2) is 473 Å². The Kier molecular flexibility index (Phi) is 18.0. The van der Waals surface area contributed by atoms with Crippen molar-refractivity contribution in [1.29, 1.82) is 0 Å². The van der Waals surface area contributed by atoms with Gasteiger partial charge in [0.05, 0.1) is 49.8 Å². The molecule has 0 N–H and O–H groups in total. The van der Waals surface area contributed by atoms with Gasteiger partial charge in [-0.1, -0.05) is 291 Å². The minimum atomic E-state index is 0.674. The Morgan fingerprint density at radius 1 is 0.184 bits per heavy atom. The molecule has 12 aromatic heterocycles. The van der Waals surface area contributed by atoms with Crippen LogP contribution in [0.4, 0.5) is 0 Å². The number of nitrogens with zero attached hydrogens (tertiary/aromatic N) is 9. The zero-order valence-electron chi connectivity index (χ0n) is 75.4. The highest BCUT2D eigenvalue weighted by atomic mass is 32.1. The summed E-state index contributed by atoms with van der Waals surface area (Å²) < 4.78 is 37.6. The molecule has 0 saturated carbocycles. The smallest absolute Gasteiger partial charge is 0.180 e. The second-order valence-corrected chi connectivity index (χ2v) is 37.0. The number of furan rings is 4. The van der Waals surface area contributed by atoms with E-state index in [0.717, 1.165) is 167 Å². The fourth-order valence-corrected chi connectivity index (χ4v) is 22.9. The van der Waals surface area contributed by atoms with E-state index >= 15 is 0 Å². The van der Waals surface area contributed by atoms with Gasteiger partial charge < -0.3 is 35.9 Å². The first-order valence-electron chi connectivity index (χ1n) is 47.3. The number of fused-ring (bicyclic) bond motifs is 30. The van der Waals surface area contributed by atoms with E-state index in [1.807, 2.05) is 145 Å². The molecular weight excluding hydrogens is 1750 g/mol. The summed E-state index contributed by atoms with van der Waals surface area (Å²) in [4.78, 5) is 25.2. The first-order valence-corrected chi connectivity index (χ1v) is 48.1. The van der Waals surface area contributed by atoms with Gasteiger partial charge in [-0.05, 0) is 169 Å². The molecule has 0 bridgehead atoms. The van der Waals surface area contributed by atoms with Gasteiger partial charge in [-0.2, -0.15) is 0 Å². The number of para-hydroxylation sites is 9. The Morgan fingerprint density at radius 2 is 0.511 bits per heavy atom. The Balaban J connectivity index is 0.000000102. The summed E-state index contributed by atoms with van der Waals surface area (Å²) in [5.74, 6) is 1.36. The van der Waals surface area contributed by atoms with Crippen molar-refractivity contribution in [2.75, 3.05) is 0 Å². The number of aromatic nitrogens is 9. The van der Waals surface area contributed by atoms with Gasteiger partial charge in [-0.15, -0.1) is 11.3 Å². The Hall–Kier alpha value is -18.9. The van der Waals surface area contributed by atoms with Crippen LogP contribution in [0.2, 0.25) is 0 Å². The van der Waals surface area contributed by atoms with Crippen molar-refractivity contribution >= 4 is 207 Å². The Labute approximate surface area is 807 Å². The van der Waals surface area contributed by atoms with Crippen LogP contribution >= 0.6 is 11.3 Å². The summed E-state index contributed by atoms with van der Waals surface area (Å²) in [7, 11) is 0. The van der Waals surface area contributed by atoms with Gasteiger partial charge in [0.15, 0.2) is 28.4 Å². The lowest BCUT2D eigenvalue weighted by Gasteiger charge is -2.11. The SMILES string of the molecule is c1ccc(-c2cc(-c3ccc(-n4c5ccccc5c5c6c7ccccc7n(-c7ccccc7)c6ccc54)cc3)c3oc4ccccc4c3n2)cc1.c1ccc(-c2nc(-c3ccc(-n4c5ccccc5c5c6c(ccc54)oc4ccccc46)cc3)c3oc4ccccc4c3n2)cc1.c1ccc(-c2nc(-c3ccc(-n4c5ccccc5c5c6c(ccc54)sc4ccccc46)cc3)c3oc4ccccc4c3n2)cc1. The molecule has 0 spiro atoms. The van der Waals surface area contributed by atoms with Crippen molar-refractivity contribution in [3.05, 3.63) is 455 Å². The topological polar surface area (TPSA) is 137 Å². The van der Waals surface area contributed by atoms with Crippen LogP contribution in [0.25, 0.3) is 286 Å². The second kappa shape index (κ2) is 31.9. The van der Waals surface area contributed by atoms with Crippen LogP contribution in [-0.4, -0.2) is 43.2 Å². The summed E-state index contributed by atoms with van der Waals surface area (Å²) in [5.41, 5.74) is 32.4. The van der Waals surface area contributed by atoms with Gasteiger partial charge in [0.1, 0.15) is 55.9 Å². The van der Waals surface area contributed by atoms with Crippen molar-refractivity contribution in [3.8, 4) is 90.4 Å². The zero-order chi connectivity index (χ0) is 92.4. The maximum atomic E-state index is 6.49. The van der Waals surface area contributed by atoms with Crippen LogP contribution in [0.5, 0.6) is 0 Å². The molecule has 0 unspecified atom stereocenters. The van der Waals surface area contributed by atoms with Crippen LogP contribution in [0, 0.1) is 0 Å². The third kappa shape index (κ3) is 12.6. The van der Waals surface area contributed by atoms with E-state index in [1.54, 1.807) is 0 Å². The summed E-state index contributed by atoms with van der Waals surface area (Å²) in [6.45, 7) is 0. The minimum absolute atomic E-state index is 0.674. The fourth-order valence-electron chi connectivity index (χ4n) is 21.7. The molecule has 14 heteroatoms. The van der Waals surface area contributed by atoms with Gasteiger partial charge in [-0.25, -0.2) is 24.9 Å². The van der Waals surface area contributed by atoms with Gasteiger partial charge in [-0.3, -0.25) is 0 Å². The lowest BCUT2D eigenvalue weighted by atomic mass is 10.0. The monoisotopic (exact) mass is 1820 g/mol. The molecule has 31 rings (SSSR count). The predicted molar refractivity (Wildman–Crippen MR) is 580 cm³/mol. The lowest BCUT2D eigenvalue weighted by molar-refractivity contribution is 0.667. The number of thiophene rings is 1. The third-order valence-corrected chi connectivity index (χ3v) is 29.1. The molecule has 658 valence electrons. The van der Waals surface area contributed by atoms with Crippen LogP contribution in [0.1, 0.15) is 0 Å². The maximum absolute atomic E-state index is 6.49. The number of rotatable bonds is 10. The quantitative estimate of drug-likeness (QED) is 0.131. The van der Waals surface area contributed by atoms with Crippen molar-refractivity contribution < 1.29 is 17.7 Å². The molecule has 0 aliphatic heterocycles. The van der Waals surface area contributed by atoms with E-state index < -0.39 is 0 Å². The summed E-state index contributed by atoms with van der Waals surface area (Å²) >= 11 is 1.86. The maximum Gasteiger partial charge on any atom is 0.180 e. The molecule has 12 heterocycles. The van der Waals surface area contributed by atoms with Crippen LogP contribution < -0.4 is 0 Å². The molecule has 0 fully saturated rings. The summed E-state index contributed by atoms with van der Waals surface area (Å²) in [6.07, 6.45) is 0. The van der Waals surface area contributed by atoms with Gasteiger partial charge in [0.25, 0.3) is 0 Å². The predicted octanol–water partition coefficient (Wildman–Crippen LogP) is 34.4. The average Bonchev–Trinajstić information content (AvgIpc) is 1.56. The van der Waals surface area contributed by atoms with Crippen molar-refractivity contribution in [2.45, 2.75) is 0 Å². The van der Waals surface area contributed by atoms with E-state index in [4.69, 9.17) is 42.6 Å². The van der Waals surface area contributed by atoms with Crippen LogP contribution in [0.3, 0.4) is 0 Å². The third-order valence-electron chi connectivity index (χ3n) is 28.0. The Bertz CT molecular complexity index is 10100. The first-order chi connectivity index (χ1) is 69.9. The zero-order valence-corrected chi connectivity index (χ0v) is 76.2. The summed E-state index contributed by atoms with van der Waals surface area (Å²) in [5, 5.41) is 17.9. The van der Waals surface area contributed by atoms with E-state index in [9.17, 15) is 0 Å². The standard InChI is InChI=1S/C47H29N3O.C40H23N3O2.C40H23N3OS/c1-3-13-31(14-4-1)38-29-37(47-46(48-38)36-19-9-12-22-43(36)51-47)30-23-25-33(26-24-30)50-40-21-11-8-18-35(40)45-42(50)28-27-41-44(45)34-17-7-10-20-39(34)49(41)32-15-5-2-6-16-32;1-2-10-25(11-3-1)40-41-37(39-38(42-40)29-14-6-9-17-33(29)45-39)24-18-20-26(21-19-24)43-30-15-7-4-12-27(30)35-31(43)22-23-34-36(35)28-13-5-8-16-32(28)44-34;1-2-10-25(11-3-1)40-41-37(39-38(42-40)28-13-5-8-16-32(28)44-39)24-18-20-26(21-19-24)43-30-15-7-4-12-27(30)35-31(43)22-23-34-36(35)29-14-6-9-17-33(29)45-34/h1-29H;2*1-23H. The highest BCUT2D eigenvalue weighted by Crippen LogP contribution is 2.50. The molecule has 0 radical (unpaired) electrons. The van der Waals surface area contributed by atoms with E-state index in [0.29, 0.717) is 22.8 Å². The van der Waals surface area contributed by atoms with E-state index in [2.05, 4.69) is 340 Å². The molecule has 0 amide bonds. The number of pyridine rings is 1. The normalized spacial score (nSPS) is 12.0. The largest absolute Gasteiger partial charge is 0.456 e. The highest BCUT2D eigenvalue weighted by Gasteiger charge is 2.28. The average molecular weight is 1820 g/mol. The van der Waals surface area contributed by atoms with E-state index in [-0.39, 0.29) is 0 Å². The Morgan fingerprint density at radius 3 is 0.965 bits per heavy atom.